The largest absolute Gasteiger partial charge is 0.508 e. The highest BCUT2D eigenvalue weighted by Crippen LogP contribution is 2.23. The van der Waals surface area contributed by atoms with Gasteiger partial charge in [0.2, 0.25) is 0 Å². The molecule has 1 aliphatic heterocycles. The number of rotatable bonds is 2. The minimum Gasteiger partial charge on any atom is -0.508 e. The Morgan fingerprint density at radius 2 is 1.80 bits per heavy atom. The van der Waals surface area contributed by atoms with Crippen LogP contribution >= 0.6 is 0 Å². The summed E-state index contributed by atoms with van der Waals surface area (Å²) in [6.45, 7) is -2.36. The van der Waals surface area contributed by atoms with Gasteiger partial charge in [0.25, 0.3) is 0 Å². The minimum atomic E-state index is -2.48. The summed E-state index contributed by atoms with van der Waals surface area (Å²) in [5.74, 6) is 0.160. The average Bonchev–Trinajstić information content (AvgIpc) is 2.68. The second-order valence-corrected chi connectivity index (χ2v) is 3.22. The zero-order chi connectivity index (χ0) is 10.8. The molecular weight excluding hydrogens is 202 g/mol. The van der Waals surface area contributed by atoms with Crippen molar-refractivity contribution in [2.45, 2.75) is 6.55 Å². The summed E-state index contributed by atoms with van der Waals surface area (Å²) in [5, 5.41) is 9.07. The standard InChI is InChI=1S/C10H10F2N2O/c11-10(12)14-6-5-13(7-14)8-1-3-9(15)4-2-8/h1-6,10,15H,7H2. The molecule has 1 aromatic rings. The Morgan fingerprint density at radius 3 is 2.33 bits per heavy atom. The first-order valence-electron chi connectivity index (χ1n) is 4.45. The van der Waals surface area contributed by atoms with Gasteiger partial charge in [-0.2, -0.15) is 8.78 Å². The minimum absolute atomic E-state index is 0.127. The predicted molar refractivity (Wildman–Crippen MR) is 52.4 cm³/mol. The molecule has 80 valence electrons. The molecule has 5 heteroatoms. The Hall–Kier alpha value is -1.78. The highest BCUT2D eigenvalue weighted by atomic mass is 19.3. The molecule has 1 aliphatic rings. The lowest BCUT2D eigenvalue weighted by Crippen LogP contribution is -2.28. The van der Waals surface area contributed by atoms with Gasteiger partial charge in [0.05, 0.1) is 6.67 Å². The van der Waals surface area contributed by atoms with Gasteiger partial charge in [-0.25, -0.2) is 0 Å². The van der Waals surface area contributed by atoms with Crippen molar-refractivity contribution in [2.75, 3.05) is 11.6 Å². The molecular formula is C10H10F2N2O. The Morgan fingerprint density at radius 1 is 1.13 bits per heavy atom. The van der Waals surface area contributed by atoms with Crippen molar-refractivity contribution in [3.63, 3.8) is 0 Å². The van der Waals surface area contributed by atoms with Crippen LogP contribution in [0.15, 0.2) is 36.7 Å². The summed E-state index contributed by atoms with van der Waals surface area (Å²) in [6, 6.07) is 6.39. The normalized spacial score (nSPS) is 15.4. The van der Waals surface area contributed by atoms with Crippen LogP contribution in [0, 0.1) is 0 Å². The average molecular weight is 212 g/mol. The number of phenols is 1. The molecule has 0 aromatic heterocycles. The third-order valence-electron chi connectivity index (χ3n) is 2.19. The van der Waals surface area contributed by atoms with Gasteiger partial charge < -0.3 is 14.9 Å². The first kappa shape index (κ1) is 9.76. The molecule has 2 rings (SSSR count). The molecule has 0 bridgehead atoms. The number of phenolic OH excluding ortho intramolecular Hbond substituents is 1. The second kappa shape index (κ2) is 3.76. The van der Waals surface area contributed by atoms with Crippen LogP contribution in [-0.2, 0) is 0 Å². The summed E-state index contributed by atoms with van der Waals surface area (Å²) in [7, 11) is 0. The van der Waals surface area contributed by atoms with Gasteiger partial charge in [0.1, 0.15) is 5.75 Å². The highest BCUT2D eigenvalue weighted by molar-refractivity contribution is 5.52. The fraction of sp³-hybridized carbons (Fsp3) is 0.200. The zero-order valence-electron chi connectivity index (χ0n) is 7.85. The Labute approximate surface area is 85.8 Å². The number of hydrogen-bond acceptors (Lipinski definition) is 3. The fourth-order valence-electron chi connectivity index (χ4n) is 1.37. The lowest BCUT2D eigenvalue weighted by molar-refractivity contribution is 0.0124. The van der Waals surface area contributed by atoms with Crippen LogP contribution in [0.2, 0.25) is 0 Å². The number of alkyl halides is 2. The van der Waals surface area contributed by atoms with Gasteiger partial charge in [0, 0.05) is 18.1 Å². The molecule has 0 unspecified atom stereocenters. The van der Waals surface area contributed by atoms with E-state index in [1.54, 1.807) is 23.2 Å². The van der Waals surface area contributed by atoms with Crippen molar-refractivity contribution >= 4 is 5.69 Å². The highest BCUT2D eigenvalue weighted by Gasteiger charge is 2.20. The van der Waals surface area contributed by atoms with E-state index >= 15 is 0 Å². The topological polar surface area (TPSA) is 26.7 Å². The fourth-order valence-corrected chi connectivity index (χ4v) is 1.37. The number of hydrogen-bond donors (Lipinski definition) is 1. The smallest absolute Gasteiger partial charge is 0.316 e. The van der Waals surface area contributed by atoms with Crippen LogP contribution < -0.4 is 4.90 Å². The van der Waals surface area contributed by atoms with Gasteiger partial charge in [-0.05, 0) is 24.3 Å². The maximum absolute atomic E-state index is 12.3. The van der Waals surface area contributed by atoms with Gasteiger partial charge in [0.15, 0.2) is 0 Å². The lowest BCUT2D eigenvalue weighted by Gasteiger charge is -2.20. The van der Waals surface area contributed by atoms with Crippen LogP contribution in [-0.4, -0.2) is 23.2 Å². The molecule has 0 saturated carbocycles. The van der Waals surface area contributed by atoms with Gasteiger partial charge in [-0.3, -0.25) is 0 Å². The van der Waals surface area contributed by atoms with Crippen molar-refractivity contribution in [3.05, 3.63) is 36.7 Å². The Balaban J connectivity index is 2.09. The second-order valence-electron chi connectivity index (χ2n) is 3.22. The number of halogens is 2. The van der Waals surface area contributed by atoms with E-state index in [0.717, 1.165) is 10.6 Å². The molecule has 1 aromatic carbocycles. The van der Waals surface area contributed by atoms with Crippen LogP contribution in [0.4, 0.5) is 14.5 Å². The van der Waals surface area contributed by atoms with Crippen LogP contribution in [0.1, 0.15) is 0 Å². The number of aromatic hydroxyl groups is 1. The molecule has 0 aliphatic carbocycles. The van der Waals surface area contributed by atoms with E-state index in [9.17, 15) is 8.78 Å². The molecule has 15 heavy (non-hydrogen) atoms. The number of nitrogens with zero attached hydrogens (tertiary/aromatic N) is 2. The van der Waals surface area contributed by atoms with E-state index in [4.69, 9.17) is 5.11 Å². The summed E-state index contributed by atoms with van der Waals surface area (Å²) in [6.07, 6.45) is 2.93. The van der Waals surface area contributed by atoms with Crippen molar-refractivity contribution in [1.29, 1.82) is 0 Å². The predicted octanol–water partition coefficient (Wildman–Crippen LogP) is 2.17. The quantitative estimate of drug-likeness (QED) is 0.761. The van der Waals surface area contributed by atoms with Crippen LogP contribution in [0.25, 0.3) is 0 Å². The van der Waals surface area contributed by atoms with E-state index in [0.29, 0.717) is 0 Å². The molecule has 0 saturated heterocycles. The van der Waals surface area contributed by atoms with Crippen molar-refractivity contribution < 1.29 is 13.9 Å². The molecule has 0 atom stereocenters. The van der Waals surface area contributed by atoms with Gasteiger partial charge in [-0.1, -0.05) is 0 Å². The summed E-state index contributed by atoms with van der Waals surface area (Å²) < 4.78 is 24.6. The van der Waals surface area contributed by atoms with Crippen molar-refractivity contribution in [3.8, 4) is 5.75 Å². The van der Waals surface area contributed by atoms with E-state index in [-0.39, 0.29) is 12.4 Å². The van der Waals surface area contributed by atoms with E-state index in [2.05, 4.69) is 0 Å². The van der Waals surface area contributed by atoms with Crippen LogP contribution in [0.3, 0.4) is 0 Å². The first-order valence-corrected chi connectivity index (χ1v) is 4.45. The summed E-state index contributed by atoms with van der Waals surface area (Å²) >= 11 is 0. The van der Waals surface area contributed by atoms with Crippen LogP contribution in [0.5, 0.6) is 5.75 Å². The molecule has 1 N–H and O–H groups in total. The molecule has 0 radical (unpaired) electrons. The van der Waals surface area contributed by atoms with Gasteiger partial charge in [-0.15, -0.1) is 0 Å². The maximum atomic E-state index is 12.3. The Kier molecular flexibility index (Phi) is 2.45. The molecule has 0 fully saturated rings. The Bertz CT molecular complexity index is 364. The maximum Gasteiger partial charge on any atom is 0.316 e. The number of anilines is 1. The molecule has 1 heterocycles. The summed E-state index contributed by atoms with van der Waals surface area (Å²) in [4.78, 5) is 2.60. The molecule has 0 spiro atoms. The summed E-state index contributed by atoms with van der Waals surface area (Å²) in [5.41, 5.74) is 0.771. The third-order valence-corrected chi connectivity index (χ3v) is 2.19. The van der Waals surface area contributed by atoms with E-state index in [1.165, 1.54) is 18.3 Å². The van der Waals surface area contributed by atoms with Crippen molar-refractivity contribution in [1.82, 2.24) is 4.90 Å². The number of benzene rings is 1. The van der Waals surface area contributed by atoms with E-state index in [1.807, 2.05) is 0 Å². The first-order chi connectivity index (χ1) is 7.16. The SMILES string of the molecule is Oc1ccc(N2C=CN(C(F)F)C2)cc1. The van der Waals surface area contributed by atoms with E-state index < -0.39 is 6.55 Å². The molecule has 3 nitrogen and oxygen atoms in total. The van der Waals surface area contributed by atoms with Gasteiger partial charge >= 0.3 is 6.55 Å². The lowest BCUT2D eigenvalue weighted by atomic mass is 10.3. The van der Waals surface area contributed by atoms with Crippen molar-refractivity contribution in [2.24, 2.45) is 0 Å². The molecule has 0 amide bonds. The zero-order valence-corrected chi connectivity index (χ0v) is 7.85. The third kappa shape index (κ3) is 2.01. The monoisotopic (exact) mass is 212 g/mol.